The average Bonchev–Trinajstić information content (AvgIpc) is 2.73. The van der Waals surface area contributed by atoms with Crippen LogP contribution in [0.25, 0.3) is 0 Å². The van der Waals surface area contributed by atoms with Crippen LogP contribution in [-0.2, 0) is 16.1 Å². The van der Waals surface area contributed by atoms with Crippen molar-refractivity contribution < 1.29 is 14.3 Å². The van der Waals surface area contributed by atoms with Crippen LogP contribution in [0.3, 0.4) is 0 Å². The fourth-order valence-electron chi connectivity index (χ4n) is 3.24. The van der Waals surface area contributed by atoms with E-state index in [2.05, 4.69) is 11.4 Å². The molecule has 1 N–H and O–H groups in total. The van der Waals surface area contributed by atoms with Gasteiger partial charge in [0.1, 0.15) is 11.8 Å². The Hall–Kier alpha value is -2.24. The fraction of sp³-hybridized carbons (Fsp3) is 0.440. The van der Waals surface area contributed by atoms with Gasteiger partial charge in [0.2, 0.25) is 5.91 Å². The van der Waals surface area contributed by atoms with E-state index in [-0.39, 0.29) is 25.0 Å². The molecule has 0 saturated carbocycles. The molecule has 0 radical (unpaired) electrons. The largest absolute Gasteiger partial charge is 0.483 e. The third kappa shape index (κ3) is 7.14. The number of carbonyl (C=O) groups is 2. The molecule has 32 heavy (non-hydrogen) atoms. The van der Waals surface area contributed by atoms with Gasteiger partial charge in [0.15, 0.2) is 6.61 Å². The number of hydrogen-bond acceptors (Lipinski definition) is 3. The van der Waals surface area contributed by atoms with Crippen LogP contribution in [0.5, 0.6) is 5.75 Å². The lowest BCUT2D eigenvalue weighted by atomic mass is 10.1. The number of benzene rings is 2. The predicted molar refractivity (Wildman–Crippen MR) is 130 cm³/mol. The molecule has 5 nitrogen and oxygen atoms in total. The van der Waals surface area contributed by atoms with Gasteiger partial charge in [-0.25, -0.2) is 0 Å². The van der Waals surface area contributed by atoms with Crippen LogP contribution in [-0.4, -0.2) is 35.9 Å². The molecule has 1 atom stereocenters. The maximum Gasteiger partial charge on any atom is 0.261 e. The summed E-state index contributed by atoms with van der Waals surface area (Å²) in [7, 11) is 0. The van der Waals surface area contributed by atoms with Gasteiger partial charge in [-0.2, -0.15) is 0 Å². The van der Waals surface area contributed by atoms with Crippen molar-refractivity contribution in [3.05, 3.63) is 62.6 Å². The van der Waals surface area contributed by atoms with E-state index in [0.29, 0.717) is 28.3 Å². The van der Waals surface area contributed by atoms with Crippen LogP contribution in [0.1, 0.15) is 43.0 Å². The SMILES string of the molecule is Cc1cc(C)c(C)c(OCC(=O)N(Cc2ccc(Cl)c(Cl)c2)C(C)C(=O)NCC(C)C)c1. The summed E-state index contributed by atoms with van der Waals surface area (Å²) in [6.45, 7) is 12.3. The molecule has 0 aliphatic rings. The van der Waals surface area contributed by atoms with Gasteiger partial charge in [0.05, 0.1) is 10.0 Å². The molecule has 0 aromatic heterocycles. The molecule has 0 heterocycles. The first-order valence-electron chi connectivity index (χ1n) is 10.7. The zero-order valence-corrected chi connectivity index (χ0v) is 21.1. The second kappa shape index (κ2) is 11.6. The first kappa shape index (κ1) is 26.0. The van der Waals surface area contributed by atoms with E-state index in [1.54, 1.807) is 25.1 Å². The normalized spacial score (nSPS) is 11.9. The third-order valence-corrected chi connectivity index (χ3v) is 6.04. The molecule has 2 amide bonds. The van der Waals surface area contributed by atoms with E-state index in [4.69, 9.17) is 27.9 Å². The van der Waals surface area contributed by atoms with E-state index in [9.17, 15) is 9.59 Å². The summed E-state index contributed by atoms with van der Waals surface area (Å²) in [5.74, 6) is 0.472. The maximum absolute atomic E-state index is 13.2. The van der Waals surface area contributed by atoms with Crippen molar-refractivity contribution in [2.45, 2.75) is 54.1 Å². The van der Waals surface area contributed by atoms with E-state index in [1.807, 2.05) is 40.7 Å². The quantitative estimate of drug-likeness (QED) is 0.518. The number of aryl methyl sites for hydroxylation is 2. The van der Waals surface area contributed by atoms with Gasteiger partial charge in [0.25, 0.3) is 5.91 Å². The number of rotatable bonds is 9. The number of nitrogens with one attached hydrogen (secondary N) is 1. The molecule has 0 aliphatic heterocycles. The molecular weight excluding hydrogens is 447 g/mol. The summed E-state index contributed by atoms with van der Waals surface area (Å²) >= 11 is 12.2. The first-order valence-corrected chi connectivity index (χ1v) is 11.5. The summed E-state index contributed by atoms with van der Waals surface area (Å²) in [6, 6.07) is 8.49. The number of ether oxygens (including phenoxy) is 1. The van der Waals surface area contributed by atoms with Gasteiger partial charge in [-0.1, -0.05) is 49.2 Å². The van der Waals surface area contributed by atoms with Crippen LogP contribution in [0.4, 0.5) is 0 Å². The molecule has 1 unspecified atom stereocenters. The number of halogens is 2. The highest BCUT2D eigenvalue weighted by atomic mass is 35.5. The number of amides is 2. The van der Waals surface area contributed by atoms with Gasteiger partial charge in [0, 0.05) is 13.1 Å². The second-order valence-electron chi connectivity index (χ2n) is 8.58. The molecule has 2 aromatic carbocycles. The standard InChI is InChI=1S/C25H32Cl2N2O3/c1-15(2)12-28-25(31)19(6)29(13-20-7-8-21(26)22(27)11-20)24(30)14-32-23-10-16(3)9-17(4)18(23)5/h7-11,15,19H,12-14H2,1-6H3,(H,28,31). The Morgan fingerprint density at radius 3 is 2.34 bits per heavy atom. The summed E-state index contributed by atoms with van der Waals surface area (Å²) in [4.78, 5) is 27.4. The lowest BCUT2D eigenvalue weighted by molar-refractivity contribution is -0.142. The van der Waals surface area contributed by atoms with Crippen molar-refractivity contribution in [2.24, 2.45) is 5.92 Å². The highest BCUT2D eigenvalue weighted by Gasteiger charge is 2.27. The summed E-state index contributed by atoms with van der Waals surface area (Å²) in [6.07, 6.45) is 0. The van der Waals surface area contributed by atoms with Crippen LogP contribution < -0.4 is 10.1 Å². The summed E-state index contributed by atoms with van der Waals surface area (Å²) < 4.78 is 5.88. The van der Waals surface area contributed by atoms with Crippen molar-refractivity contribution in [1.29, 1.82) is 0 Å². The van der Waals surface area contributed by atoms with E-state index in [0.717, 1.165) is 22.3 Å². The van der Waals surface area contributed by atoms with Crippen LogP contribution in [0.2, 0.25) is 10.0 Å². The minimum atomic E-state index is -0.681. The molecule has 0 spiro atoms. The Kier molecular flexibility index (Phi) is 9.41. The molecule has 174 valence electrons. The average molecular weight is 479 g/mol. The Labute approximate surface area is 201 Å². The molecular formula is C25H32Cl2N2O3. The molecule has 0 aliphatic carbocycles. The van der Waals surface area contributed by atoms with Gasteiger partial charge in [-0.05, 0) is 74.1 Å². The van der Waals surface area contributed by atoms with Crippen molar-refractivity contribution in [2.75, 3.05) is 13.2 Å². The van der Waals surface area contributed by atoms with Crippen molar-refractivity contribution in [1.82, 2.24) is 10.2 Å². The van der Waals surface area contributed by atoms with Gasteiger partial charge >= 0.3 is 0 Å². The smallest absolute Gasteiger partial charge is 0.261 e. The third-order valence-electron chi connectivity index (χ3n) is 5.30. The number of nitrogens with zero attached hydrogens (tertiary/aromatic N) is 1. The van der Waals surface area contributed by atoms with Gasteiger partial charge in [-0.15, -0.1) is 0 Å². The Balaban J connectivity index is 2.22. The molecule has 0 saturated heterocycles. The molecule has 7 heteroatoms. The monoisotopic (exact) mass is 478 g/mol. The zero-order chi connectivity index (χ0) is 24.0. The summed E-state index contributed by atoms with van der Waals surface area (Å²) in [5.41, 5.74) is 3.92. The van der Waals surface area contributed by atoms with Crippen LogP contribution in [0.15, 0.2) is 30.3 Å². The maximum atomic E-state index is 13.2. The van der Waals surface area contributed by atoms with Gasteiger partial charge < -0.3 is 15.0 Å². The van der Waals surface area contributed by atoms with Crippen molar-refractivity contribution in [3.8, 4) is 5.75 Å². The van der Waals surface area contributed by atoms with Crippen molar-refractivity contribution >= 4 is 35.0 Å². The first-order chi connectivity index (χ1) is 15.0. The molecule has 0 fully saturated rings. The van der Waals surface area contributed by atoms with E-state index in [1.165, 1.54) is 4.90 Å². The number of carbonyl (C=O) groups excluding carboxylic acids is 2. The van der Waals surface area contributed by atoms with Crippen molar-refractivity contribution in [3.63, 3.8) is 0 Å². The van der Waals surface area contributed by atoms with Gasteiger partial charge in [-0.3, -0.25) is 9.59 Å². The lowest BCUT2D eigenvalue weighted by Gasteiger charge is -2.29. The minimum absolute atomic E-state index is 0.174. The van der Waals surface area contributed by atoms with E-state index >= 15 is 0 Å². The molecule has 2 aromatic rings. The van der Waals surface area contributed by atoms with Crippen LogP contribution in [0, 0.1) is 26.7 Å². The van der Waals surface area contributed by atoms with Crippen LogP contribution >= 0.6 is 23.2 Å². The number of hydrogen-bond donors (Lipinski definition) is 1. The van der Waals surface area contributed by atoms with E-state index < -0.39 is 6.04 Å². The zero-order valence-electron chi connectivity index (χ0n) is 19.6. The fourth-order valence-corrected chi connectivity index (χ4v) is 3.56. The lowest BCUT2D eigenvalue weighted by Crippen LogP contribution is -2.49. The highest BCUT2D eigenvalue weighted by Crippen LogP contribution is 2.25. The molecule has 0 bridgehead atoms. The molecule has 2 rings (SSSR count). The predicted octanol–water partition coefficient (Wildman–Crippen LogP) is 5.49. The topological polar surface area (TPSA) is 58.6 Å². The Bertz CT molecular complexity index is 976. The Morgan fingerprint density at radius 1 is 1.03 bits per heavy atom. The minimum Gasteiger partial charge on any atom is -0.483 e. The second-order valence-corrected chi connectivity index (χ2v) is 9.39. The highest BCUT2D eigenvalue weighted by molar-refractivity contribution is 6.42. The summed E-state index contributed by atoms with van der Waals surface area (Å²) in [5, 5.41) is 3.73. The Morgan fingerprint density at radius 2 is 1.72 bits per heavy atom.